The smallest absolute Gasteiger partial charge is 0.327 e. The first-order chi connectivity index (χ1) is 24.3. The van der Waals surface area contributed by atoms with Gasteiger partial charge in [-0.1, -0.05) is 68.4 Å². The number of amides is 3. The van der Waals surface area contributed by atoms with Crippen molar-refractivity contribution in [2.45, 2.75) is 42.7 Å². The largest absolute Gasteiger partial charge is 0.484 e. The predicted molar refractivity (Wildman–Crippen MR) is 188 cm³/mol. The number of halogens is 2. The van der Waals surface area contributed by atoms with Gasteiger partial charge in [0.1, 0.15) is 28.7 Å². The molecule has 0 saturated carbocycles. The molecule has 0 aromatic heterocycles. The number of rotatable bonds is 15. The summed E-state index contributed by atoms with van der Waals surface area (Å²) in [6, 6.07) is 25.0. The molecule has 0 unspecified atom stereocenters. The molecule has 13 heteroatoms. The Morgan fingerprint density at radius 1 is 0.882 bits per heavy atom. The van der Waals surface area contributed by atoms with Gasteiger partial charge in [-0.15, -0.1) is 11.8 Å². The molecule has 1 aliphatic heterocycles. The Labute approximate surface area is 297 Å². The maximum absolute atomic E-state index is 13.7. The fourth-order valence-corrected chi connectivity index (χ4v) is 7.05. The molecule has 0 aliphatic carbocycles. The molecule has 1 fully saturated rings. The molecular formula is C38H37F2N3O7S. The van der Waals surface area contributed by atoms with Gasteiger partial charge in [0.15, 0.2) is 6.61 Å². The minimum Gasteiger partial charge on any atom is -0.484 e. The minimum atomic E-state index is -1.25. The van der Waals surface area contributed by atoms with E-state index in [0.29, 0.717) is 17.0 Å². The maximum atomic E-state index is 13.7. The zero-order valence-electron chi connectivity index (χ0n) is 27.8. The summed E-state index contributed by atoms with van der Waals surface area (Å²) in [7, 11) is 0. The average molecular weight is 718 g/mol. The Hall–Kier alpha value is -5.27. The molecule has 5 rings (SSSR count). The Bertz CT molecular complexity index is 1840. The van der Waals surface area contributed by atoms with Crippen LogP contribution in [0.5, 0.6) is 5.75 Å². The van der Waals surface area contributed by atoms with Crippen molar-refractivity contribution in [2.24, 2.45) is 0 Å². The molecule has 4 N–H and O–H groups in total. The molecule has 1 saturated heterocycles. The molecule has 0 radical (unpaired) electrons. The monoisotopic (exact) mass is 717 g/mol. The third-order valence-electron chi connectivity index (χ3n) is 8.67. The number of nitrogens with zero attached hydrogens (tertiary/aromatic N) is 1. The van der Waals surface area contributed by atoms with Crippen molar-refractivity contribution in [3.8, 4) is 5.75 Å². The van der Waals surface area contributed by atoms with Gasteiger partial charge in [-0.25, -0.2) is 13.6 Å². The van der Waals surface area contributed by atoms with Gasteiger partial charge in [0.2, 0.25) is 11.8 Å². The standard InChI is InChI=1S/C38H37F2N3O7S/c1-38(2,25-6-4-3-5-7-25)35(37(48)49)42-31(45)20-41-32(46)21-50-29-18-10-24(11-19-29)33-34(36(47)43(33)28-16-14-27(40)15-17-28)51-22-30(44)23-8-12-26(39)13-9-23/h3-19,30,33-35,44H,20-22H2,1-2H3,(H,41,46)(H,42,45)(H,48,49)/t30-,33+,34+,35-/m0/s1. The van der Waals surface area contributed by atoms with E-state index in [1.165, 1.54) is 60.3 Å². The van der Waals surface area contributed by atoms with Crippen LogP contribution < -0.4 is 20.3 Å². The number of hydrogen-bond donors (Lipinski definition) is 4. The number of thioether (sulfide) groups is 1. The highest BCUT2D eigenvalue weighted by Gasteiger charge is 2.49. The number of carboxylic acid groups (broad SMARTS) is 1. The van der Waals surface area contributed by atoms with Crippen molar-refractivity contribution in [3.05, 3.63) is 131 Å². The number of aliphatic hydroxyl groups excluding tert-OH is 1. The summed E-state index contributed by atoms with van der Waals surface area (Å²) < 4.78 is 32.6. The van der Waals surface area contributed by atoms with E-state index in [2.05, 4.69) is 10.6 Å². The first-order valence-electron chi connectivity index (χ1n) is 16.1. The molecular weight excluding hydrogens is 680 g/mol. The summed E-state index contributed by atoms with van der Waals surface area (Å²) in [6.07, 6.45) is -0.934. The predicted octanol–water partition coefficient (Wildman–Crippen LogP) is 4.93. The van der Waals surface area contributed by atoms with E-state index in [1.807, 2.05) is 6.07 Å². The number of carbonyl (C=O) groups excluding carboxylic acids is 3. The van der Waals surface area contributed by atoms with Crippen LogP contribution in [0.25, 0.3) is 0 Å². The number of carbonyl (C=O) groups is 4. The highest BCUT2D eigenvalue weighted by atomic mass is 32.2. The molecule has 10 nitrogen and oxygen atoms in total. The molecule has 266 valence electrons. The summed E-state index contributed by atoms with van der Waals surface area (Å²) in [4.78, 5) is 52.0. The van der Waals surface area contributed by atoms with Crippen molar-refractivity contribution < 1.29 is 42.9 Å². The van der Waals surface area contributed by atoms with Crippen molar-refractivity contribution in [1.29, 1.82) is 0 Å². The second-order valence-electron chi connectivity index (χ2n) is 12.5. The summed E-state index contributed by atoms with van der Waals surface area (Å²) in [5.74, 6) is -3.08. The number of benzene rings is 4. The average Bonchev–Trinajstić information content (AvgIpc) is 3.12. The van der Waals surface area contributed by atoms with Crippen LogP contribution in [0.15, 0.2) is 103 Å². The van der Waals surface area contributed by atoms with Crippen LogP contribution in [0.4, 0.5) is 14.5 Å². The van der Waals surface area contributed by atoms with Crippen LogP contribution in [-0.2, 0) is 24.6 Å². The van der Waals surface area contributed by atoms with Gasteiger partial charge >= 0.3 is 5.97 Å². The highest BCUT2D eigenvalue weighted by molar-refractivity contribution is 8.00. The van der Waals surface area contributed by atoms with E-state index in [9.17, 15) is 38.2 Å². The molecule has 4 aromatic carbocycles. The van der Waals surface area contributed by atoms with Crippen molar-refractivity contribution >= 4 is 41.1 Å². The van der Waals surface area contributed by atoms with E-state index >= 15 is 0 Å². The number of ether oxygens (including phenoxy) is 1. The fourth-order valence-electron chi connectivity index (χ4n) is 5.75. The summed E-state index contributed by atoms with van der Waals surface area (Å²) in [5.41, 5.74) is 1.54. The van der Waals surface area contributed by atoms with Gasteiger partial charge in [0.25, 0.3) is 5.91 Å². The first kappa shape index (κ1) is 37.0. The minimum absolute atomic E-state index is 0.172. The lowest BCUT2D eigenvalue weighted by Crippen LogP contribution is -2.57. The van der Waals surface area contributed by atoms with Crippen molar-refractivity contribution in [3.63, 3.8) is 0 Å². The third-order valence-corrected chi connectivity index (χ3v) is 10.00. The Kier molecular flexibility index (Phi) is 11.7. The van der Waals surface area contributed by atoms with E-state index in [4.69, 9.17) is 4.74 Å². The Balaban J connectivity index is 1.17. The molecule has 0 spiro atoms. The summed E-state index contributed by atoms with van der Waals surface area (Å²) in [5, 5.41) is 24.8. The number of aliphatic hydroxyl groups is 1. The SMILES string of the molecule is CC(C)(c1ccccc1)[C@@H](NC(=O)CNC(=O)COc1ccc([C@@H]2[C@@H](SC[C@H](O)c3ccc(F)cc3)C(=O)N2c2ccc(F)cc2)cc1)C(=O)O. The van der Waals surface area contributed by atoms with Crippen LogP contribution in [0, 0.1) is 11.6 Å². The normalized spacial score (nSPS) is 16.8. The van der Waals surface area contributed by atoms with Gasteiger partial charge in [0, 0.05) is 16.9 Å². The van der Waals surface area contributed by atoms with Crippen LogP contribution >= 0.6 is 11.8 Å². The molecule has 4 aromatic rings. The number of β-lactam (4-membered cyclic amide) rings is 1. The van der Waals surface area contributed by atoms with Gasteiger partial charge in [-0.2, -0.15) is 0 Å². The lowest BCUT2D eigenvalue weighted by atomic mass is 9.77. The number of carboxylic acids is 1. The topological polar surface area (TPSA) is 145 Å². The maximum Gasteiger partial charge on any atom is 0.327 e. The van der Waals surface area contributed by atoms with Gasteiger partial charge < -0.3 is 30.5 Å². The molecule has 0 bridgehead atoms. The van der Waals surface area contributed by atoms with E-state index in [0.717, 1.165) is 11.1 Å². The van der Waals surface area contributed by atoms with Crippen LogP contribution in [0.1, 0.15) is 42.7 Å². The van der Waals surface area contributed by atoms with Crippen molar-refractivity contribution in [2.75, 3.05) is 23.8 Å². The lowest BCUT2D eigenvalue weighted by Gasteiger charge is -2.47. The number of aliphatic carboxylic acids is 1. The highest BCUT2D eigenvalue weighted by Crippen LogP contribution is 2.46. The molecule has 51 heavy (non-hydrogen) atoms. The molecule has 3 amide bonds. The molecule has 1 aliphatic rings. The Morgan fingerprint density at radius 3 is 2.10 bits per heavy atom. The summed E-state index contributed by atoms with van der Waals surface area (Å²) >= 11 is 1.26. The molecule has 1 heterocycles. The quantitative estimate of drug-likeness (QED) is 0.127. The van der Waals surface area contributed by atoms with E-state index < -0.39 is 71.4 Å². The number of nitrogens with one attached hydrogen (secondary N) is 2. The summed E-state index contributed by atoms with van der Waals surface area (Å²) in [6.45, 7) is 2.54. The van der Waals surface area contributed by atoms with Gasteiger partial charge in [-0.3, -0.25) is 14.4 Å². The second kappa shape index (κ2) is 16.2. The second-order valence-corrected chi connectivity index (χ2v) is 13.7. The van der Waals surface area contributed by atoms with Gasteiger partial charge in [-0.05, 0) is 65.2 Å². The zero-order chi connectivity index (χ0) is 36.7. The third kappa shape index (κ3) is 8.91. The number of hydrogen-bond acceptors (Lipinski definition) is 7. The lowest BCUT2D eigenvalue weighted by molar-refractivity contribution is -0.143. The Morgan fingerprint density at radius 2 is 1.49 bits per heavy atom. The van der Waals surface area contributed by atoms with Crippen molar-refractivity contribution in [1.82, 2.24) is 10.6 Å². The van der Waals surface area contributed by atoms with Crippen LogP contribution in [0.3, 0.4) is 0 Å². The van der Waals surface area contributed by atoms with E-state index in [-0.39, 0.29) is 11.7 Å². The molecule has 4 atom stereocenters. The fraction of sp³-hybridized carbons (Fsp3) is 0.263. The van der Waals surface area contributed by atoms with Crippen LogP contribution in [0.2, 0.25) is 0 Å². The van der Waals surface area contributed by atoms with E-state index in [1.54, 1.807) is 67.3 Å². The zero-order valence-corrected chi connectivity index (χ0v) is 28.6. The first-order valence-corrected chi connectivity index (χ1v) is 17.1. The number of anilines is 1. The van der Waals surface area contributed by atoms with Gasteiger partial charge in [0.05, 0.1) is 18.7 Å². The van der Waals surface area contributed by atoms with Crippen LogP contribution in [-0.4, -0.2) is 64.1 Å².